The van der Waals surface area contributed by atoms with Gasteiger partial charge < -0.3 is 10.2 Å². The first-order valence-corrected chi connectivity index (χ1v) is 2.50. The van der Waals surface area contributed by atoms with Crippen molar-refractivity contribution in [2.75, 3.05) is 13.3 Å². The molecule has 48 valence electrons. The number of aliphatic hydroxyl groups excluding tert-OH is 1. The number of hydrogen-bond donors (Lipinski definition) is 2. The van der Waals surface area contributed by atoms with Gasteiger partial charge in [-0.05, 0) is 0 Å². The molecule has 0 amide bonds. The van der Waals surface area contributed by atoms with Gasteiger partial charge in [-0.25, -0.2) is 0 Å². The summed E-state index contributed by atoms with van der Waals surface area (Å²) < 4.78 is 1.20. The largest absolute Gasteiger partial charge is 0.480 e. The highest BCUT2D eigenvalue weighted by Crippen LogP contribution is 1.92. The molecule has 0 spiro atoms. The van der Waals surface area contributed by atoms with Crippen LogP contribution in [0.5, 0.6) is 0 Å². The van der Waals surface area contributed by atoms with Crippen LogP contribution in [0.1, 0.15) is 0 Å². The van der Waals surface area contributed by atoms with Gasteiger partial charge in [0.1, 0.15) is 6.54 Å². The van der Waals surface area contributed by atoms with Crippen molar-refractivity contribution in [3.05, 3.63) is 0 Å². The lowest BCUT2D eigenvalue weighted by molar-refractivity contribution is -0.137. The van der Waals surface area contributed by atoms with E-state index in [9.17, 15) is 4.79 Å². The first-order valence-electron chi connectivity index (χ1n) is 1.99. The van der Waals surface area contributed by atoms with E-state index >= 15 is 0 Å². The van der Waals surface area contributed by atoms with Crippen molar-refractivity contribution in [2.45, 2.75) is 0 Å². The molecule has 1 atom stereocenters. The molecule has 0 saturated carbocycles. The van der Waals surface area contributed by atoms with Gasteiger partial charge in [-0.3, -0.25) is 9.46 Å². The summed E-state index contributed by atoms with van der Waals surface area (Å²) in [5.74, 6) is -0.950. The Morgan fingerprint density at radius 1 is 1.75 bits per heavy atom. The fourth-order valence-corrected chi connectivity index (χ4v) is 0.380. The van der Waals surface area contributed by atoms with Gasteiger partial charge in [-0.15, -0.1) is 0 Å². The van der Waals surface area contributed by atoms with Crippen LogP contribution in [-0.4, -0.2) is 34.1 Å². The van der Waals surface area contributed by atoms with Gasteiger partial charge in [0.2, 0.25) is 0 Å². The third-order valence-electron chi connectivity index (χ3n) is 0.520. The fourth-order valence-electron chi connectivity index (χ4n) is 0.224. The second-order valence-corrected chi connectivity index (χ2v) is 2.01. The fraction of sp³-hybridized carbons (Fsp3) is 0.667. The van der Waals surface area contributed by atoms with Gasteiger partial charge in [-0.2, -0.15) is 0 Å². The molecule has 4 nitrogen and oxygen atoms in total. The minimum absolute atomic E-state index is 0.152. The highest BCUT2D eigenvalue weighted by molar-refractivity contribution is 7.13. The molecule has 0 bridgehead atoms. The topological polar surface area (TPSA) is 60.8 Å². The van der Waals surface area contributed by atoms with Crippen molar-refractivity contribution in [1.29, 1.82) is 0 Å². The first-order chi connectivity index (χ1) is 3.66. The molecule has 0 fully saturated rings. The molecule has 0 radical (unpaired) electrons. The molecule has 0 aliphatic heterocycles. The van der Waals surface area contributed by atoms with Crippen LogP contribution in [-0.2, 0) is 4.79 Å². The summed E-state index contributed by atoms with van der Waals surface area (Å²) in [7, 11) is 2.08. The molecule has 2 N–H and O–H groups in total. The maximum Gasteiger partial charge on any atom is 0.318 e. The molecule has 0 aliphatic rings. The van der Waals surface area contributed by atoms with Crippen LogP contribution < -0.4 is 0 Å². The normalized spacial score (nSPS) is 9.88. The SMILES string of the molecule is O=C(O)CN(P)CO. The van der Waals surface area contributed by atoms with E-state index in [1.54, 1.807) is 0 Å². The molecule has 5 heteroatoms. The second kappa shape index (κ2) is 3.78. The minimum Gasteiger partial charge on any atom is -0.480 e. The zero-order valence-electron chi connectivity index (χ0n) is 4.24. The molecule has 0 aromatic carbocycles. The van der Waals surface area contributed by atoms with Crippen LogP contribution in [0.15, 0.2) is 0 Å². The van der Waals surface area contributed by atoms with Crippen LogP contribution in [0.25, 0.3) is 0 Å². The maximum atomic E-state index is 9.80. The van der Waals surface area contributed by atoms with Crippen LogP contribution >= 0.6 is 9.39 Å². The van der Waals surface area contributed by atoms with E-state index in [0.29, 0.717) is 0 Å². The van der Waals surface area contributed by atoms with E-state index in [1.165, 1.54) is 4.67 Å². The second-order valence-electron chi connectivity index (χ2n) is 1.28. The van der Waals surface area contributed by atoms with E-state index in [-0.39, 0.29) is 13.3 Å². The van der Waals surface area contributed by atoms with Gasteiger partial charge in [-0.1, -0.05) is 9.39 Å². The van der Waals surface area contributed by atoms with Gasteiger partial charge in [0, 0.05) is 0 Å². The van der Waals surface area contributed by atoms with Crippen LogP contribution in [0.3, 0.4) is 0 Å². The van der Waals surface area contributed by atoms with Crippen molar-refractivity contribution in [2.24, 2.45) is 0 Å². The number of carboxylic acids is 1. The Bertz CT molecular complexity index is 86.6. The Balaban J connectivity index is 3.24. The molecule has 0 saturated heterocycles. The number of rotatable bonds is 3. The third kappa shape index (κ3) is 3.99. The predicted octanol–water partition coefficient (Wildman–Crippen LogP) is -0.887. The summed E-state index contributed by atoms with van der Waals surface area (Å²) in [5, 5.41) is 16.3. The van der Waals surface area contributed by atoms with Crippen molar-refractivity contribution >= 4 is 15.4 Å². The average molecular weight is 137 g/mol. The molecular formula is C3H8NO3P. The molecule has 1 unspecified atom stereocenters. The Morgan fingerprint density at radius 3 is 2.38 bits per heavy atom. The van der Waals surface area contributed by atoms with Crippen molar-refractivity contribution in [3.63, 3.8) is 0 Å². The Labute approximate surface area is 49.4 Å². The third-order valence-corrected chi connectivity index (χ3v) is 0.866. The quantitative estimate of drug-likeness (QED) is 0.391. The van der Waals surface area contributed by atoms with Crippen LogP contribution in [0.4, 0.5) is 0 Å². The highest BCUT2D eigenvalue weighted by Gasteiger charge is 1.99. The lowest BCUT2D eigenvalue weighted by Crippen LogP contribution is -2.20. The van der Waals surface area contributed by atoms with E-state index in [4.69, 9.17) is 10.2 Å². The van der Waals surface area contributed by atoms with Crippen LogP contribution in [0, 0.1) is 0 Å². The number of aliphatic carboxylic acids is 1. The summed E-state index contributed by atoms with van der Waals surface area (Å²) in [6, 6.07) is 0. The monoisotopic (exact) mass is 137 g/mol. The van der Waals surface area contributed by atoms with E-state index in [0.717, 1.165) is 0 Å². The summed E-state index contributed by atoms with van der Waals surface area (Å²) >= 11 is 0. The van der Waals surface area contributed by atoms with Crippen molar-refractivity contribution < 1.29 is 15.0 Å². The van der Waals surface area contributed by atoms with Gasteiger partial charge in [0.05, 0.1) is 6.73 Å². The summed E-state index contributed by atoms with van der Waals surface area (Å²) in [6.07, 6.45) is 0. The summed E-state index contributed by atoms with van der Waals surface area (Å²) in [6.45, 7) is -0.405. The predicted molar refractivity (Wildman–Crippen MR) is 31.1 cm³/mol. The maximum absolute atomic E-state index is 9.80. The molecular weight excluding hydrogens is 129 g/mol. The van der Waals surface area contributed by atoms with Crippen LogP contribution in [0.2, 0.25) is 0 Å². The number of carboxylic acid groups (broad SMARTS) is 1. The summed E-state index contributed by atoms with van der Waals surface area (Å²) in [5.41, 5.74) is 0. The molecule has 0 aromatic heterocycles. The summed E-state index contributed by atoms with van der Waals surface area (Å²) in [4.78, 5) is 9.80. The molecule has 0 aromatic rings. The van der Waals surface area contributed by atoms with Gasteiger partial charge in [0.15, 0.2) is 0 Å². The van der Waals surface area contributed by atoms with E-state index in [2.05, 4.69) is 9.39 Å². The van der Waals surface area contributed by atoms with Crippen molar-refractivity contribution in [1.82, 2.24) is 4.67 Å². The lowest BCUT2D eigenvalue weighted by atomic mass is 10.7. The smallest absolute Gasteiger partial charge is 0.318 e. The molecule has 0 heterocycles. The molecule has 0 aliphatic carbocycles. The number of hydrogen-bond acceptors (Lipinski definition) is 3. The Morgan fingerprint density at radius 2 is 2.25 bits per heavy atom. The number of nitrogens with zero attached hydrogens (tertiary/aromatic N) is 1. The first kappa shape index (κ1) is 7.82. The Kier molecular flexibility index (Phi) is 3.69. The van der Waals surface area contributed by atoms with E-state index in [1.807, 2.05) is 0 Å². The zero-order valence-corrected chi connectivity index (χ0v) is 5.40. The standard InChI is InChI=1S/C3H8NO3P/c5-2-4(8)1-3(6)7/h5H,1-2,8H2,(H,6,7). The zero-order chi connectivity index (χ0) is 6.57. The molecule has 8 heavy (non-hydrogen) atoms. The average Bonchev–Trinajstić information content (AvgIpc) is 1.65. The van der Waals surface area contributed by atoms with Gasteiger partial charge >= 0.3 is 5.97 Å². The van der Waals surface area contributed by atoms with Gasteiger partial charge in [0.25, 0.3) is 0 Å². The Hall–Kier alpha value is -0.180. The number of aliphatic hydroxyl groups is 1. The number of carbonyl (C=O) groups is 1. The van der Waals surface area contributed by atoms with Crippen molar-refractivity contribution in [3.8, 4) is 0 Å². The molecule has 0 rings (SSSR count). The lowest BCUT2D eigenvalue weighted by Gasteiger charge is -2.06. The minimum atomic E-state index is -0.950. The highest BCUT2D eigenvalue weighted by atomic mass is 31.0. The van der Waals surface area contributed by atoms with E-state index < -0.39 is 5.97 Å².